The minimum Gasteiger partial charge on any atom is -0.507 e. The van der Waals surface area contributed by atoms with Crippen molar-refractivity contribution in [2.75, 3.05) is 7.11 Å². The molecule has 0 spiro atoms. The third-order valence-corrected chi connectivity index (χ3v) is 4.41. The van der Waals surface area contributed by atoms with Crippen molar-refractivity contribution < 1.29 is 19.4 Å². The van der Waals surface area contributed by atoms with E-state index in [-0.39, 0.29) is 11.3 Å². The van der Waals surface area contributed by atoms with Crippen LogP contribution in [-0.2, 0) is 11.3 Å². The highest BCUT2D eigenvalue weighted by Crippen LogP contribution is 2.41. The van der Waals surface area contributed by atoms with Crippen LogP contribution >= 0.6 is 15.9 Å². The van der Waals surface area contributed by atoms with E-state index in [0.717, 1.165) is 5.56 Å². The molecule has 0 aliphatic heterocycles. The number of hydrogen-bond acceptors (Lipinski definition) is 4. The van der Waals surface area contributed by atoms with Gasteiger partial charge in [0.05, 0.1) is 11.6 Å². The van der Waals surface area contributed by atoms with E-state index in [1.807, 2.05) is 44.2 Å². The second-order valence-electron chi connectivity index (χ2n) is 4.88. The second kappa shape index (κ2) is 9.33. The Balaban J connectivity index is 0.00000139. The van der Waals surface area contributed by atoms with Crippen molar-refractivity contribution in [3.8, 4) is 11.5 Å². The number of phenols is 1. The van der Waals surface area contributed by atoms with Crippen LogP contribution < -0.4 is 4.74 Å². The summed E-state index contributed by atoms with van der Waals surface area (Å²) in [6.07, 6.45) is 0. The van der Waals surface area contributed by atoms with E-state index in [9.17, 15) is 9.90 Å². The molecule has 0 fully saturated rings. The Morgan fingerprint density at radius 2 is 1.71 bits per heavy atom. The summed E-state index contributed by atoms with van der Waals surface area (Å²) in [5, 5.41) is 10.3. The van der Waals surface area contributed by atoms with Crippen molar-refractivity contribution in [3.63, 3.8) is 0 Å². The summed E-state index contributed by atoms with van der Waals surface area (Å²) in [7, 11) is 1.28. The van der Waals surface area contributed by atoms with Gasteiger partial charge >= 0.3 is 5.97 Å². The number of carbonyl (C=O) groups excluding carboxylic acids is 1. The SMILES string of the molecule is CC.COC(=O)c1c(C)c(Br)c(OCc2ccccc2)c(C)c1O. The molecule has 0 heterocycles. The number of aromatic hydroxyl groups is 1. The van der Waals surface area contributed by atoms with Gasteiger partial charge in [-0.25, -0.2) is 4.79 Å². The van der Waals surface area contributed by atoms with Gasteiger partial charge in [-0.2, -0.15) is 0 Å². The number of rotatable bonds is 4. The van der Waals surface area contributed by atoms with E-state index >= 15 is 0 Å². The number of phenolic OH excluding ortho intramolecular Hbond substituents is 1. The third-order valence-electron chi connectivity index (χ3n) is 3.45. The first-order valence-corrected chi connectivity index (χ1v) is 8.53. The van der Waals surface area contributed by atoms with Crippen LogP contribution in [-0.4, -0.2) is 18.2 Å². The lowest BCUT2D eigenvalue weighted by molar-refractivity contribution is 0.0596. The number of halogens is 1. The maximum atomic E-state index is 11.8. The van der Waals surface area contributed by atoms with Crippen LogP contribution in [0.15, 0.2) is 34.8 Å². The molecule has 0 bridgehead atoms. The zero-order valence-corrected chi connectivity index (χ0v) is 16.2. The Labute approximate surface area is 151 Å². The summed E-state index contributed by atoms with van der Waals surface area (Å²) in [6.45, 7) is 7.80. The smallest absolute Gasteiger partial charge is 0.341 e. The largest absolute Gasteiger partial charge is 0.507 e. The first-order chi connectivity index (χ1) is 11.5. The van der Waals surface area contributed by atoms with E-state index in [0.29, 0.717) is 28.0 Å². The highest BCUT2D eigenvalue weighted by Gasteiger charge is 2.24. The Bertz CT molecular complexity index is 667. The molecule has 2 aromatic carbocycles. The molecule has 0 aliphatic rings. The molecule has 0 atom stereocenters. The molecule has 5 heteroatoms. The van der Waals surface area contributed by atoms with Crippen LogP contribution in [0.4, 0.5) is 0 Å². The molecule has 4 nitrogen and oxygen atoms in total. The summed E-state index contributed by atoms with van der Waals surface area (Å²) in [4.78, 5) is 11.8. The summed E-state index contributed by atoms with van der Waals surface area (Å²) < 4.78 is 11.2. The lowest BCUT2D eigenvalue weighted by atomic mass is 10.0. The molecule has 0 aromatic heterocycles. The van der Waals surface area contributed by atoms with Crippen molar-refractivity contribution in [3.05, 3.63) is 57.1 Å². The van der Waals surface area contributed by atoms with Gasteiger partial charge in [0.15, 0.2) is 0 Å². The fourth-order valence-electron chi connectivity index (χ4n) is 2.17. The van der Waals surface area contributed by atoms with Gasteiger partial charge in [-0.3, -0.25) is 0 Å². The van der Waals surface area contributed by atoms with Crippen molar-refractivity contribution >= 4 is 21.9 Å². The summed E-state index contributed by atoms with van der Waals surface area (Å²) >= 11 is 3.44. The van der Waals surface area contributed by atoms with Crippen LogP contribution in [0.5, 0.6) is 11.5 Å². The first kappa shape index (κ1) is 20.0. The minimum atomic E-state index is -0.576. The average molecular weight is 395 g/mol. The van der Waals surface area contributed by atoms with Gasteiger partial charge in [-0.05, 0) is 40.9 Å². The molecule has 0 saturated carbocycles. The van der Waals surface area contributed by atoms with Gasteiger partial charge in [0.2, 0.25) is 0 Å². The van der Waals surface area contributed by atoms with Crippen molar-refractivity contribution in [1.82, 2.24) is 0 Å². The van der Waals surface area contributed by atoms with Crippen LogP contribution in [0.1, 0.15) is 40.9 Å². The van der Waals surface area contributed by atoms with E-state index in [2.05, 4.69) is 15.9 Å². The first-order valence-electron chi connectivity index (χ1n) is 7.74. The zero-order chi connectivity index (χ0) is 18.3. The van der Waals surface area contributed by atoms with Gasteiger partial charge in [0.1, 0.15) is 23.7 Å². The Morgan fingerprint density at radius 1 is 1.12 bits per heavy atom. The van der Waals surface area contributed by atoms with Gasteiger partial charge in [0.25, 0.3) is 0 Å². The second-order valence-corrected chi connectivity index (χ2v) is 5.68. The van der Waals surface area contributed by atoms with Gasteiger partial charge in [-0.15, -0.1) is 0 Å². The van der Waals surface area contributed by atoms with Crippen LogP contribution in [0.25, 0.3) is 0 Å². The number of methoxy groups -OCH3 is 1. The van der Waals surface area contributed by atoms with Gasteiger partial charge in [-0.1, -0.05) is 44.2 Å². The lowest BCUT2D eigenvalue weighted by Crippen LogP contribution is -2.08. The molecule has 2 aromatic rings. The number of ether oxygens (including phenoxy) is 2. The zero-order valence-electron chi connectivity index (χ0n) is 14.6. The fourth-order valence-corrected chi connectivity index (χ4v) is 2.78. The molecule has 130 valence electrons. The standard InChI is InChI=1S/C17H17BrO4.C2H6/c1-10-13(17(20)21-3)15(19)11(2)16(14(10)18)22-9-12-7-5-4-6-8-12;1-2/h4-8,19H,9H2,1-3H3;1-2H3. The molecule has 0 saturated heterocycles. The van der Waals surface area contributed by atoms with Gasteiger partial charge < -0.3 is 14.6 Å². The highest BCUT2D eigenvalue weighted by atomic mass is 79.9. The van der Waals surface area contributed by atoms with Gasteiger partial charge in [0, 0.05) is 5.56 Å². The van der Waals surface area contributed by atoms with Crippen molar-refractivity contribution in [2.45, 2.75) is 34.3 Å². The quantitative estimate of drug-likeness (QED) is 0.727. The third kappa shape index (κ3) is 4.29. The topological polar surface area (TPSA) is 55.8 Å². The Hall–Kier alpha value is -2.01. The minimum absolute atomic E-state index is 0.115. The van der Waals surface area contributed by atoms with E-state index in [4.69, 9.17) is 9.47 Å². The molecule has 0 amide bonds. The fraction of sp³-hybridized carbons (Fsp3) is 0.316. The lowest BCUT2D eigenvalue weighted by Gasteiger charge is -2.17. The summed E-state index contributed by atoms with van der Waals surface area (Å²) in [5.74, 6) is -0.171. The highest BCUT2D eigenvalue weighted by molar-refractivity contribution is 9.10. The number of carbonyl (C=O) groups is 1. The van der Waals surface area contributed by atoms with Crippen LogP contribution in [0.2, 0.25) is 0 Å². The maximum Gasteiger partial charge on any atom is 0.341 e. The maximum absolute atomic E-state index is 11.8. The van der Waals surface area contributed by atoms with Crippen LogP contribution in [0.3, 0.4) is 0 Å². The monoisotopic (exact) mass is 394 g/mol. The molecule has 1 N–H and O–H groups in total. The number of hydrogen-bond donors (Lipinski definition) is 1. The Kier molecular flexibility index (Phi) is 7.79. The van der Waals surface area contributed by atoms with Crippen molar-refractivity contribution in [2.24, 2.45) is 0 Å². The molecule has 0 aliphatic carbocycles. The molecule has 24 heavy (non-hydrogen) atoms. The summed E-state index contributed by atoms with van der Waals surface area (Å²) in [6, 6.07) is 9.72. The molecule has 0 unspecified atom stereocenters. The van der Waals surface area contributed by atoms with E-state index in [1.165, 1.54) is 7.11 Å². The molecule has 2 rings (SSSR count). The van der Waals surface area contributed by atoms with E-state index < -0.39 is 5.97 Å². The van der Waals surface area contributed by atoms with E-state index in [1.54, 1.807) is 13.8 Å². The number of benzene rings is 2. The molecular weight excluding hydrogens is 372 g/mol. The predicted molar refractivity (Wildman–Crippen MR) is 98.7 cm³/mol. The predicted octanol–water partition coefficient (Wildman–Crippen LogP) is 5.16. The normalized spacial score (nSPS) is 9.75. The molecular formula is C19H23BrO4. The number of esters is 1. The average Bonchev–Trinajstić information content (AvgIpc) is 2.62. The Morgan fingerprint density at radius 3 is 2.25 bits per heavy atom. The van der Waals surface area contributed by atoms with Crippen molar-refractivity contribution in [1.29, 1.82) is 0 Å². The molecule has 0 radical (unpaired) electrons. The van der Waals surface area contributed by atoms with Crippen LogP contribution in [0, 0.1) is 13.8 Å². The summed E-state index contributed by atoms with van der Waals surface area (Å²) in [5.41, 5.74) is 2.24.